The van der Waals surface area contributed by atoms with E-state index in [0.29, 0.717) is 12.8 Å². The van der Waals surface area contributed by atoms with Gasteiger partial charge in [0.2, 0.25) is 11.8 Å². The third-order valence-corrected chi connectivity index (χ3v) is 9.43. The van der Waals surface area contributed by atoms with E-state index in [2.05, 4.69) is 40.1 Å². The molecule has 1 saturated heterocycles. The van der Waals surface area contributed by atoms with E-state index in [0.717, 1.165) is 19.3 Å². The summed E-state index contributed by atoms with van der Waals surface area (Å²) in [6.07, 6.45) is 4.89. The molecule has 2 amide bonds. The molecule has 0 bridgehead atoms. The lowest BCUT2D eigenvalue weighted by Crippen LogP contribution is -2.56. The van der Waals surface area contributed by atoms with Gasteiger partial charge in [-0.15, -0.1) is 6.58 Å². The van der Waals surface area contributed by atoms with E-state index in [1.165, 1.54) is 21.5 Å². The van der Waals surface area contributed by atoms with Crippen molar-refractivity contribution >= 4 is 27.6 Å². The third-order valence-electron chi connectivity index (χ3n) is 7.88. The second-order valence-corrected chi connectivity index (χ2v) is 13.5. The second-order valence-electron chi connectivity index (χ2n) is 11.8. The van der Waals surface area contributed by atoms with Crippen molar-refractivity contribution in [2.75, 3.05) is 32.8 Å². The molecular weight excluding hydrogens is 572 g/mol. The van der Waals surface area contributed by atoms with Crippen LogP contribution in [-0.4, -0.2) is 91.9 Å². The molecule has 1 aliphatic heterocycles. The lowest BCUT2D eigenvalue weighted by atomic mass is 9.81. The van der Waals surface area contributed by atoms with E-state index in [1.807, 2.05) is 32.0 Å². The molecule has 43 heavy (non-hydrogen) atoms. The minimum atomic E-state index is -3.88. The molecule has 0 radical (unpaired) electrons. The number of amides is 2. The average Bonchev–Trinajstić information content (AvgIpc) is 3.00. The number of hydrogen-bond acceptors (Lipinski definition) is 7. The third kappa shape index (κ3) is 11.1. The molecule has 1 fully saturated rings. The van der Waals surface area contributed by atoms with Crippen LogP contribution < -0.4 is 15.4 Å². The summed E-state index contributed by atoms with van der Waals surface area (Å²) in [6, 6.07) is 8.40. The molecule has 0 spiro atoms. The molecule has 240 valence electrons. The molecular formula is C31H48N4O7S. The van der Waals surface area contributed by atoms with Gasteiger partial charge >= 0.3 is 0 Å². The van der Waals surface area contributed by atoms with E-state index in [-0.39, 0.29) is 44.6 Å². The first kappa shape index (κ1) is 34.9. The number of aliphatic hydroxyl groups is 2. The number of carbonyl (C=O) groups excluding carboxylic acids is 2. The molecule has 1 aromatic carbocycles. The summed E-state index contributed by atoms with van der Waals surface area (Å²) in [5.74, 6) is -0.898. The minimum absolute atomic E-state index is 0.0950. The Hall–Kier alpha value is -2.61. The molecule has 0 aromatic heterocycles. The van der Waals surface area contributed by atoms with Crippen molar-refractivity contribution < 1.29 is 33.0 Å². The topological polar surface area (TPSA) is 157 Å². The van der Waals surface area contributed by atoms with E-state index in [4.69, 9.17) is 4.74 Å². The van der Waals surface area contributed by atoms with Crippen molar-refractivity contribution in [2.24, 2.45) is 11.8 Å². The van der Waals surface area contributed by atoms with Crippen LogP contribution in [0.2, 0.25) is 0 Å². The highest BCUT2D eigenvalue weighted by atomic mass is 32.2. The quantitative estimate of drug-likeness (QED) is 0.176. The summed E-state index contributed by atoms with van der Waals surface area (Å²) in [4.78, 5) is 26.1. The molecule has 5 atom stereocenters. The molecule has 1 heterocycles. The molecule has 2 aliphatic rings. The van der Waals surface area contributed by atoms with Crippen LogP contribution in [0.3, 0.4) is 0 Å². The first-order valence-corrected chi connectivity index (χ1v) is 16.6. The second kappa shape index (κ2) is 17.0. The molecule has 3 rings (SSSR count). The summed E-state index contributed by atoms with van der Waals surface area (Å²) in [6.45, 7) is 7.97. The van der Waals surface area contributed by atoms with Crippen LogP contribution in [0, 0.1) is 11.8 Å². The Morgan fingerprint density at radius 3 is 2.44 bits per heavy atom. The fourth-order valence-electron chi connectivity index (χ4n) is 5.51. The largest absolute Gasteiger partial charge is 0.390 e. The molecule has 1 aromatic rings. The van der Waals surface area contributed by atoms with Gasteiger partial charge in [0, 0.05) is 13.1 Å². The predicted molar refractivity (Wildman–Crippen MR) is 166 cm³/mol. The first-order valence-electron chi connectivity index (χ1n) is 15.1. The smallest absolute Gasteiger partial charge is 0.280 e. The number of ether oxygens (including phenoxy) is 1. The van der Waals surface area contributed by atoms with Gasteiger partial charge in [0.1, 0.15) is 12.1 Å². The van der Waals surface area contributed by atoms with Gasteiger partial charge < -0.3 is 25.6 Å². The molecule has 5 N–H and O–H groups in total. The highest BCUT2D eigenvalue weighted by molar-refractivity contribution is 7.87. The lowest BCUT2D eigenvalue weighted by molar-refractivity contribution is -0.130. The Labute approximate surface area is 255 Å². The minimum Gasteiger partial charge on any atom is -0.390 e. The van der Waals surface area contributed by atoms with Gasteiger partial charge in [-0.2, -0.15) is 17.4 Å². The number of allylic oxidation sites excluding steroid dienone is 2. The lowest BCUT2D eigenvalue weighted by Gasteiger charge is -2.33. The van der Waals surface area contributed by atoms with Crippen LogP contribution in [0.1, 0.15) is 57.9 Å². The summed E-state index contributed by atoms with van der Waals surface area (Å²) < 4.78 is 33.7. The Kier molecular flexibility index (Phi) is 13.8. The maximum atomic E-state index is 13.4. The van der Waals surface area contributed by atoms with E-state index < -0.39 is 52.9 Å². The van der Waals surface area contributed by atoms with Crippen molar-refractivity contribution in [1.29, 1.82) is 0 Å². The molecule has 1 unspecified atom stereocenters. The monoisotopic (exact) mass is 620 g/mol. The summed E-state index contributed by atoms with van der Waals surface area (Å²) in [5.41, 5.74) is 2.46. The van der Waals surface area contributed by atoms with Crippen LogP contribution >= 0.6 is 0 Å². The summed E-state index contributed by atoms with van der Waals surface area (Å²) >= 11 is 0. The molecule has 0 saturated carbocycles. The first-order chi connectivity index (χ1) is 20.5. The van der Waals surface area contributed by atoms with Gasteiger partial charge in [-0.3, -0.25) is 9.59 Å². The SMILES string of the molecule is C=CC[C@H](NC(=O)CNS(=O)(=O)N1CCOCC1)C(=O)N[C@@H](CC1CC=C(c2ccccc2)CC1)[C@@H](O)[C@@H](O)CC(C)C. The van der Waals surface area contributed by atoms with Crippen LogP contribution in [0.15, 0.2) is 49.1 Å². The highest BCUT2D eigenvalue weighted by Gasteiger charge is 2.33. The van der Waals surface area contributed by atoms with E-state index >= 15 is 0 Å². The normalized spacial score (nSPS) is 20.9. The van der Waals surface area contributed by atoms with Crippen molar-refractivity contribution in [3.63, 3.8) is 0 Å². The molecule has 12 heteroatoms. The Morgan fingerprint density at radius 2 is 1.84 bits per heavy atom. The van der Waals surface area contributed by atoms with Crippen LogP contribution in [-0.2, 0) is 24.5 Å². The van der Waals surface area contributed by atoms with Crippen LogP contribution in [0.5, 0.6) is 0 Å². The van der Waals surface area contributed by atoms with E-state index in [9.17, 15) is 28.2 Å². The molecule has 11 nitrogen and oxygen atoms in total. The van der Waals surface area contributed by atoms with Crippen molar-refractivity contribution in [3.05, 3.63) is 54.6 Å². The van der Waals surface area contributed by atoms with E-state index in [1.54, 1.807) is 0 Å². The maximum Gasteiger partial charge on any atom is 0.280 e. The van der Waals surface area contributed by atoms with Gasteiger partial charge in [0.05, 0.1) is 31.9 Å². The number of benzene rings is 1. The fraction of sp³-hybridized carbons (Fsp3) is 0.613. The number of nitrogens with zero attached hydrogens (tertiary/aromatic N) is 1. The number of aliphatic hydroxyl groups excluding tert-OH is 2. The van der Waals surface area contributed by atoms with Crippen molar-refractivity contribution in [2.45, 2.75) is 76.7 Å². The maximum absolute atomic E-state index is 13.4. The predicted octanol–water partition coefficient (Wildman–Crippen LogP) is 1.74. The van der Waals surface area contributed by atoms with Crippen molar-refractivity contribution in [3.8, 4) is 0 Å². The van der Waals surface area contributed by atoms with Crippen molar-refractivity contribution in [1.82, 2.24) is 19.7 Å². The van der Waals surface area contributed by atoms with Gasteiger partial charge in [-0.1, -0.05) is 56.3 Å². The zero-order valence-electron chi connectivity index (χ0n) is 25.3. The summed E-state index contributed by atoms with van der Waals surface area (Å²) in [7, 11) is -3.88. The Balaban J connectivity index is 1.64. The molecule has 1 aliphatic carbocycles. The zero-order valence-corrected chi connectivity index (χ0v) is 26.1. The number of morpholine rings is 1. The zero-order chi connectivity index (χ0) is 31.4. The van der Waals surface area contributed by atoms with Gasteiger partial charge in [-0.05, 0) is 61.5 Å². The Morgan fingerprint density at radius 1 is 1.14 bits per heavy atom. The van der Waals surface area contributed by atoms with Gasteiger partial charge in [-0.25, -0.2) is 0 Å². The number of hydrogen-bond donors (Lipinski definition) is 5. The number of nitrogens with one attached hydrogen (secondary N) is 3. The van der Waals surface area contributed by atoms with Gasteiger partial charge in [0.15, 0.2) is 0 Å². The number of rotatable bonds is 16. The summed E-state index contributed by atoms with van der Waals surface area (Å²) in [5, 5.41) is 27.4. The Bertz CT molecular complexity index is 1190. The van der Waals surface area contributed by atoms with Crippen LogP contribution in [0.25, 0.3) is 5.57 Å². The fourth-order valence-corrected chi connectivity index (χ4v) is 6.64. The van der Waals surface area contributed by atoms with Crippen LogP contribution in [0.4, 0.5) is 0 Å². The highest BCUT2D eigenvalue weighted by Crippen LogP contribution is 2.33. The standard InChI is InChI=1S/C31H48N4O7S/c1-4-8-26(33-29(37)21-32-43(40,41)35-15-17-42-18-16-35)31(39)34-27(30(38)28(36)19-22(2)3)20-23-11-13-25(14-12-23)24-9-6-5-7-10-24/h4-7,9-10,13,22-23,26-28,30,32,36,38H,1,8,11-12,14-21H2,2-3H3,(H,33,37)(H,34,39)/t23?,26-,27-,28-,30+/m0/s1. The average molecular weight is 621 g/mol. The number of carbonyl (C=O) groups is 2. The van der Waals surface area contributed by atoms with Gasteiger partial charge in [0.25, 0.3) is 10.2 Å².